The molecule has 6 nitrogen and oxygen atoms in total. The monoisotopic (exact) mass is 234 g/mol. The molecule has 0 N–H and O–H groups in total. The van der Waals surface area contributed by atoms with Crippen LogP contribution in [0.4, 0.5) is 10.1 Å². The molecule has 0 saturated heterocycles. The zero-order valence-electron chi connectivity index (χ0n) is 8.85. The van der Waals surface area contributed by atoms with Crippen molar-refractivity contribution < 1.29 is 9.31 Å². The summed E-state index contributed by atoms with van der Waals surface area (Å²) in [5.41, 5.74) is -1.43. The van der Waals surface area contributed by atoms with Gasteiger partial charge in [0.15, 0.2) is 16.8 Å². The largest absolute Gasteiger partial charge is 0.296 e. The Morgan fingerprint density at radius 3 is 2.76 bits per heavy atom. The summed E-state index contributed by atoms with van der Waals surface area (Å²) >= 11 is 0. The average molecular weight is 234 g/mol. The standard InChI is InChI=1S/C10H7FN4O2/c1-10(4-5-12)13-8-6(11)2-3-7(15(16)17)9(8)14-10/h2-3H,4H2,1H3. The highest BCUT2D eigenvalue weighted by Crippen LogP contribution is 2.18. The topological polar surface area (TPSA) is 91.6 Å². The molecule has 1 aliphatic heterocycles. The summed E-state index contributed by atoms with van der Waals surface area (Å²) in [6.45, 7) is 1.53. The molecule has 1 unspecified atom stereocenters. The van der Waals surface area contributed by atoms with Gasteiger partial charge < -0.3 is 0 Å². The smallest absolute Gasteiger partial charge is 0.258 e. The Morgan fingerprint density at radius 2 is 2.18 bits per heavy atom. The molecule has 1 heterocycles. The summed E-state index contributed by atoms with van der Waals surface area (Å²) in [6.07, 6.45) is -0.0573. The molecular formula is C10H7FN4O2. The highest BCUT2D eigenvalue weighted by Gasteiger charge is 2.29. The molecule has 7 heteroatoms. The van der Waals surface area contributed by atoms with Gasteiger partial charge in [0.2, 0.25) is 0 Å². The number of nitriles is 1. The van der Waals surface area contributed by atoms with Gasteiger partial charge in [-0.1, -0.05) is 0 Å². The van der Waals surface area contributed by atoms with Crippen LogP contribution in [0, 0.1) is 27.3 Å². The molecule has 17 heavy (non-hydrogen) atoms. The fraction of sp³-hybridized carbons (Fsp3) is 0.300. The van der Waals surface area contributed by atoms with Gasteiger partial charge in [-0.05, 0) is 13.0 Å². The van der Waals surface area contributed by atoms with Crippen molar-refractivity contribution in [3.05, 3.63) is 38.8 Å². The maximum absolute atomic E-state index is 13.5. The molecule has 0 bridgehead atoms. The Labute approximate surface area is 94.9 Å². The average Bonchev–Trinajstić information content (AvgIpc) is 2.57. The van der Waals surface area contributed by atoms with Crippen molar-refractivity contribution >= 4 is 5.69 Å². The summed E-state index contributed by atoms with van der Waals surface area (Å²) in [7, 11) is 0. The van der Waals surface area contributed by atoms with Crippen LogP contribution in [0.25, 0.3) is 0 Å². The molecule has 1 atom stereocenters. The predicted octanol–water partition coefficient (Wildman–Crippen LogP) is 0.617. The van der Waals surface area contributed by atoms with E-state index in [9.17, 15) is 14.5 Å². The lowest BCUT2D eigenvalue weighted by molar-refractivity contribution is -0.386. The fourth-order valence-corrected chi connectivity index (χ4v) is 1.64. The highest BCUT2D eigenvalue weighted by atomic mass is 19.1. The summed E-state index contributed by atoms with van der Waals surface area (Å²) in [5.74, 6) is -0.670. The third kappa shape index (κ3) is 1.73. The van der Waals surface area contributed by atoms with E-state index in [1.165, 1.54) is 6.92 Å². The van der Waals surface area contributed by atoms with Gasteiger partial charge in [-0.2, -0.15) is 5.26 Å². The van der Waals surface area contributed by atoms with Crippen LogP contribution in [0.15, 0.2) is 22.1 Å². The van der Waals surface area contributed by atoms with Gasteiger partial charge in [0.1, 0.15) is 5.36 Å². The molecule has 0 radical (unpaired) electrons. The maximum Gasteiger partial charge on any atom is 0.296 e. The first-order valence-corrected chi connectivity index (χ1v) is 4.76. The minimum Gasteiger partial charge on any atom is -0.258 e. The molecule has 1 aromatic carbocycles. The van der Waals surface area contributed by atoms with Crippen molar-refractivity contribution in [2.24, 2.45) is 9.98 Å². The summed E-state index contributed by atoms with van der Waals surface area (Å²) < 4.78 is 13.5. The molecule has 1 aromatic rings. The van der Waals surface area contributed by atoms with Gasteiger partial charge in [0.05, 0.1) is 17.4 Å². The predicted molar refractivity (Wildman–Crippen MR) is 54.0 cm³/mol. The van der Waals surface area contributed by atoms with E-state index in [0.29, 0.717) is 0 Å². The maximum atomic E-state index is 13.5. The zero-order valence-corrected chi connectivity index (χ0v) is 8.85. The van der Waals surface area contributed by atoms with Crippen molar-refractivity contribution in [2.75, 3.05) is 0 Å². The lowest BCUT2D eigenvalue weighted by Crippen LogP contribution is -2.28. The van der Waals surface area contributed by atoms with Crippen molar-refractivity contribution in [3.63, 3.8) is 0 Å². The van der Waals surface area contributed by atoms with E-state index in [1.54, 1.807) is 0 Å². The van der Waals surface area contributed by atoms with E-state index < -0.39 is 16.4 Å². The molecule has 0 fully saturated rings. The van der Waals surface area contributed by atoms with E-state index >= 15 is 0 Å². The number of halogens is 1. The molecule has 2 rings (SSSR count). The van der Waals surface area contributed by atoms with E-state index in [-0.39, 0.29) is 22.8 Å². The number of rotatable bonds is 2. The molecule has 0 aromatic heterocycles. The first-order valence-electron chi connectivity index (χ1n) is 4.76. The van der Waals surface area contributed by atoms with Gasteiger partial charge in [-0.15, -0.1) is 0 Å². The molecule has 1 aliphatic rings. The third-order valence-electron chi connectivity index (χ3n) is 2.40. The van der Waals surface area contributed by atoms with Crippen molar-refractivity contribution in [1.29, 1.82) is 5.26 Å². The summed E-state index contributed by atoms with van der Waals surface area (Å²) in [5, 5.41) is 19.1. The zero-order chi connectivity index (χ0) is 12.6. The number of fused-ring (bicyclic) bond motifs is 1. The number of hydrogen-bond donors (Lipinski definition) is 0. The Hall–Kier alpha value is -2.36. The molecule has 0 amide bonds. The Morgan fingerprint density at radius 1 is 1.53 bits per heavy atom. The summed E-state index contributed by atoms with van der Waals surface area (Å²) in [6, 6.07) is 3.90. The minimum absolute atomic E-state index is 0.0573. The van der Waals surface area contributed by atoms with E-state index in [0.717, 1.165) is 12.1 Å². The van der Waals surface area contributed by atoms with Crippen LogP contribution in [0.5, 0.6) is 0 Å². The number of hydrogen-bond acceptors (Lipinski definition) is 5. The molecule has 0 aliphatic carbocycles. The Kier molecular flexibility index (Phi) is 2.35. The fourth-order valence-electron chi connectivity index (χ4n) is 1.64. The van der Waals surface area contributed by atoms with E-state index in [4.69, 9.17) is 5.26 Å². The van der Waals surface area contributed by atoms with Gasteiger partial charge in [0, 0.05) is 6.07 Å². The highest BCUT2D eigenvalue weighted by molar-refractivity contribution is 5.30. The number of nitro benzene ring substituents is 1. The normalized spacial score (nSPS) is 21.0. The third-order valence-corrected chi connectivity index (χ3v) is 2.40. The van der Waals surface area contributed by atoms with E-state index in [1.807, 2.05) is 6.07 Å². The van der Waals surface area contributed by atoms with Crippen LogP contribution < -0.4 is 10.7 Å². The minimum atomic E-state index is -1.13. The number of nitrogens with zero attached hydrogens (tertiary/aromatic N) is 4. The van der Waals surface area contributed by atoms with Crippen LogP contribution in [0.3, 0.4) is 0 Å². The second-order valence-electron chi connectivity index (χ2n) is 3.80. The quantitative estimate of drug-likeness (QED) is 0.554. The van der Waals surface area contributed by atoms with Gasteiger partial charge in [0.25, 0.3) is 5.69 Å². The second-order valence-corrected chi connectivity index (χ2v) is 3.80. The molecular weight excluding hydrogens is 227 g/mol. The Balaban J connectivity index is 2.77. The molecule has 0 saturated carbocycles. The Bertz CT molecular complexity index is 664. The van der Waals surface area contributed by atoms with Crippen LogP contribution >= 0.6 is 0 Å². The lowest BCUT2D eigenvalue weighted by atomic mass is 10.2. The number of benzene rings is 1. The van der Waals surface area contributed by atoms with Crippen LogP contribution in [-0.4, -0.2) is 10.6 Å². The second kappa shape index (κ2) is 3.59. The summed E-state index contributed by atoms with van der Waals surface area (Å²) in [4.78, 5) is 18.0. The van der Waals surface area contributed by atoms with Gasteiger partial charge >= 0.3 is 0 Å². The molecule has 0 spiro atoms. The van der Waals surface area contributed by atoms with Crippen LogP contribution in [-0.2, 0) is 0 Å². The van der Waals surface area contributed by atoms with Crippen molar-refractivity contribution in [1.82, 2.24) is 0 Å². The van der Waals surface area contributed by atoms with Crippen molar-refractivity contribution in [2.45, 2.75) is 19.0 Å². The molecule has 86 valence electrons. The number of non-ortho nitro benzene ring substituents is 1. The SMILES string of the molecule is CC1(CC#N)N=c2c(F)ccc([N+](=O)[O-])c2=N1. The number of nitro groups is 1. The lowest BCUT2D eigenvalue weighted by Gasteiger charge is -2.11. The van der Waals surface area contributed by atoms with Gasteiger partial charge in [-0.25, -0.2) is 14.4 Å². The van der Waals surface area contributed by atoms with Crippen molar-refractivity contribution in [3.8, 4) is 6.07 Å². The van der Waals surface area contributed by atoms with Crippen LogP contribution in [0.2, 0.25) is 0 Å². The van der Waals surface area contributed by atoms with E-state index in [2.05, 4.69) is 9.98 Å². The first-order chi connectivity index (χ1) is 7.97. The first kappa shape index (κ1) is 11.1. The van der Waals surface area contributed by atoms with Crippen LogP contribution in [0.1, 0.15) is 13.3 Å². The van der Waals surface area contributed by atoms with Gasteiger partial charge in [-0.3, -0.25) is 10.1 Å².